The summed E-state index contributed by atoms with van der Waals surface area (Å²) in [5.74, 6) is 0. The molecular formula is C29H42SiTi. The summed E-state index contributed by atoms with van der Waals surface area (Å²) in [7, 11) is -1.36. The first kappa shape index (κ1) is 31.9. The average Bonchev–Trinajstić information content (AvgIpc) is 2.77. The van der Waals surface area contributed by atoms with Gasteiger partial charge in [0.05, 0.1) is 0 Å². The van der Waals surface area contributed by atoms with Gasteiger partial charge in [0.25, 0.3) is 0 Å². The Bertz CT molecular complexity index is 949. The van der Waals surface area contributed by atoms with Crippen LogP contribution in [0.1, 0.15) is 50.1 Å². The van der Waals surface area contributed by atoms with E-state index in [0.29, 0.717) is 0 Å². The zero-order valence-corrected chi connectivity index (χ0v) is 24.5. The van der Waals surface area contributed by atoms with Crippen molar-refractivity contribution in [1.82, 2.24) is 0 Å². The Morgan fingerprint density at radius 1 is 0.710 bits per heavy atom. The van der Waals surface area contributed by atoms with E-state index in [1.807, 2.05) is 0 Å². The normalized spacial score (nSPS) is 10.8. The van der Waals surface area contributed by atoms with Crippen LogP contribution in [-0.2, 0) is 27.8 Å². The third-order valence-electron chi connectivity index (χ3n) is 6.45. The van der Waals surface area contributed by atoms with Gasteiger partial charge in [-0.1, -0.05) is 96.7 Å². The van der Waals surface area contributed by atoms with E-state index in [0.717, 1.165) is 0 Å². The third-order valence-corrected chi connectivity index (χ3v) is 9.80. The van der Waals surface area contributed by atoms with E-state index in [9.17, 15) is 0 Å². The van der Waals surface area contributed by atoms with Crippen LogP contribution in [0.2, 0.25) is 0 Å². The van der Waals surface area contributed by atoms with Crippen LogP contribution < -0.4 is 10.4 Å². The fourth-order valence-corrected chi connectivity index (χ4v) is 8.37. The van der Waals surface area contributed by atoms with Crippen LogP contribution in [0, 0.1) is 77.7 Å². The smallest absolute Gasteiger partial charge is 0.358 e. The molecule has 0 saturated carbocycles. The first-order valence-corrected chi connectivity index (χ1v) is 12.0. The zero-order chi connectivity index (χ0) is 19.9. The molecule has 0 aliphatic rings. The predicted octanol–water partition coefficient (Wildman–Crippen LogP) is 6.34. The van der Waals surface area contributed by atoms with Crippen LogP contribution in [0.3, 0.4) is 0 Å². The largest absolute Gasteiger partial charge is 4.00 e. The van der Waals surface area contributed by atoms with Crippen molar-refractivity contribution in [3.05, 3.63) is 109 Å². The fraction of sp³-hybridized carbons (Fsp3) is 0.310. The Morgan fingerprint density at radius 2 is 1.26 bits per heavy atom. The predicted molar refractivity (Wildman–Crippen MR) is 142 cm³/mol. The Morgan fingerprint density at radius 3 is 1.71 bits per heavy atom. The molecule has 0 aromatic heterocycles. The van der Waals surface area contributed by atoms with E-state index < -0.39 is 8.80 Å². The molecule has 31 heavy (non-hydrogen) atoms. The van der Waals surface area contributed by atoms with Gasteiger partial charge in [0.1, 0.15) is 8.80 Å². The van der Waals surface area contributed by atoms with Gasteiger partial charge < -0.3 is 22.3 Å². The topological polar surface area (TPSA) is 0 Å². The van der Waals surface area contributed by atoms with Crippen LogP contribution >= 0.6 is 0 Å². The molecule has 0 radical (unpaired) electrons. The summed E-state index contributed by atoms with van der Waals surface area (Å²) in [6, 6.07) is 15.5. The van der Waals surface area contributed by atoms with Gasteiger partial charge in [-0.25, -0.2) is 0 Å². The van der Waals surface area contributed by atoms with E-state index >= 15 is 0 Å². The molecule has 0 aliphatic carbocycles. The van der Waals surface area contributed by atoms with Crippen molar-refractivity contribution >= 4 is 19.2 Å². The molecular weight excluding hydrogens is 424 g/mol. The van der Waals surface area contributed by atoms with Gasteiger partial charge in [-0.15, -0.1) is 0 Å². The first-order chi connectivity index (χ1) is 12.7. The van der Waals surface area contributed by atoms with Crippen molar-refractivity contribution in [2.75, 3.05) is 0 Å². The SMILES string of the molecule is Cc1cc(C)cc([SiH](Cc2c(C)c(C)c(C)[c-]2C)c2ccc(C)cc2C)c1.[CH3-].[CH3-].[CH3-].[Ti+4]. The van der Waals surface area contributed by atoms with Crippen LogP contribution in [-0.4, -0.2) is 8.80 Å². The van der Waals surface area contributed by atoms with Gasteiger partial charge in [0.15, 0.2) is 0 Å². The van der Waals surface area contributed by atoms with Gasteiger partial charge in [-0.2, -0.15) is 27.8 Å². The maximum atomic E-state index is 2.44. The molecule has 0 aliphatic heterocycles. The van der Waals surface area contributed by atoms with Crippen molar-refractivity contribution < 1.29 is 21.7 Å². The molecule has 0 spiro atoms. The van der Waals surface area contributed by atoms with E-state index in [2.05, 4.69) is 91.8 Å². The molecule has 0 saturated heterocycles. The number of hydrogen-bond acceptors (Lipinski definition) is 0. The van der Waals surface area contributed by atoms with Crippen LogP contribution in [0.25, 0.3) is 0 Å². The quantitative estimate of drug-likeness (QED) is 0.311. The molecule has 0 heterocycles. The first-order valence-electron chi connectivity index (χ1n) is 10.1. The number of benzene rings is 2. The number of rotatable bonds is 4. The van der Waals surface area contributed by atoms with Crippen molar-refractivity contribution in [2.45, 2.75) is 61.4 Å². The second-order valence-electron chi connectivity index (χ2n) is 8.52. The van der Waals surface area contributed by atoms with E-state index in [4.69, 9.17) is 0 Å². The molecule has 1 atom stereocenters. The molecule has 3 rings (SSSR count). The minimum Gasteiger partial charge on any atom is -0.358 e. The van der Waals surface area contributed by atoms with Crippen molar-refractivity contribution in [2.24, 2.45) is 0 Å². The molecule has 1 unspecified atom stereocenters. The van der Waals surface area contributed by atoms with E-state index in [1.165, 1.54) is 50.6 Å². The average molecular weight is 467 g/mol. The second-order valence-corrected chi connectivity index (χ2v) is 11.3. The second kappa shape index (κ2) is 12.7. The Labute approximate surface area is 210 Å². The third kappa shape index (κ3) is 6.60. The zero-order valence-electron chi connectivity index (χ0n) is 21.7. The maximum Gasteiger partial charge on any atom is 4.00 e. The van der Waals surface area contributed by atoms with E-state index in [1.54, 1.807) is 15.9 Å². The van der Waals surface area contributed by atoms with Crippen LogP contribution in [0.5, 0.6) is 0 Å². The molecule has 0 nitrogen and oxygen atoms in total. The maximum absolute atomic E-state index is 2.44. The summed E-state index contributed by atoms with van der Waals surface area (Å²) in [6.45, 7) is 18.2. The molecule has 0 amide bonds. The summed E-state index contributed by atoms with van der Waals surface area (Å²) in [6.07, 6.45) is 0. The molecule has 3 aromatic carbocycles. The van der Waals surface area contributed by atoms with Crippen LogP contribution in [0.15, 0.2) is 36.4 Å². The molecule has 0 N–H and O–H groups in total. The summed E-state index contributed by atoms with van der Waals surface area (Å²) in [5, 5.41) is 3.18. The summed E-state index contributed by atoms with van der Waals surface area (Å²) >= 11 is 0. The Balaban J connectivity index is 0. The van der Waals surface area contributed by atoms with Gasteiger partial charge in [-0.3, -0.25) is 0 Å². The Kier molecular flexibility index (Phi) is 13.0. The standard InChI is InChI=1S/C26H33Si.3CH3.Ti/c1-16-9-10-26(19(4)12-16)27(24-13-17(2)11-18(3)14-24)15-25-22(7)20(5)21(6)23(25)8;;;;/h9-14,27H,15H2,1-8H3;3*1H3;/q4*-1;+4. The summed E-state index contributed by atoms with van der Waals surface area (Å²) < 4.78 is 0. The van der Waals surface area contributed by atoms with Crippen LogP contribution in [0.4, 0.5) is 0 Å². The molecule has 166 valence electrons. The minimum atomic E-state index is -1.36. The monoisotopic (exact) mass is 466 g/mol. The van der Waals surface area contributed by atoms with Crippen molar-refractivity contribution in [3.63, 3.8) is 0 Å². The molecule has 0 bridgehead atoms. The van der Waals surface area contributed by atoms with E-state index in [-0.39, 0.29) is 44.0 Å². The van der Waals surface area contributed by atoms with Gasteiger partial charge in [0, 0.05) is 0 Å². The number of aryl methyl sites for hydroxylation is 4. The minimum absolute atomic E-state index is 0. The Hall–Kier alpha value is -1.28. The van der Waals surface area contributed by atoms with Gasteiger partial charge in [0.2, 0.25) is 0 Å². The molecule has 2 heteroatoms. The van der Waals surface area contributed by atoms with Crippen molar-refractivity contribution in [3.8, 4) is 0 Å². The fourth-order valence-electron chi connectivity index (χ4n) is 4.64. The summed E-state index contributed by atoms with van der Waals surface area (Å²) in [5.41, 5.74) is 13.2. The van der Waals surface area contributed by atoms with Crippen molar-refractivity contribution in [1.29, 1.82) is 0 Å². The molecule has 3 aromatic rings. The van der Waals surface area contributed by atoms with Gasteiger partial charge >= 0.3 is 21.7 Å². The summed E-state index contributed by atoms with van der Waals surface area (Å²) in [4.78, 5) is 0. The molecule has 0 fully saturated rings. The van der Waals surface area contributed by atoms with Gasteiger partial charge in [-0.05, 0) is 33.7 Å². The number of hydrogen-bond donors (Lipinski definition) is 0.